The van der Waals surface area contributed by atoms with Crippen LogP contribution in [0.1, 0.15) is 5.56 Å². The predicted octanol–water partition coefficient (Wildman–Crippen LogP) is 3.66. The summed E-state index contributed by atoms with van der Waals surface area (Å²) in [4.78, 5) is 26.6. The van der Waals surface area contributed by atoms with Gasteiger partial charge in [0.25, 0.3) is 0 Å². The van der Waals surface area contributed by atoms with Gasteiger partial charge < -0.3 is 14.6 Å². The van der Waals surface area contributed by atoms with E-state index in [9.17, 15) is 9.59 Å². The van der Waals surface area contributed by atoms with Crippen molar-refractivity contribution in [3.8, 4) is 11.6 Å². The van der Waals surface area contributed by atoms with E-state index in [-0.39, 0.29) is 24.1 Å². The minimum atomic E-state index is -0.214. The van der Waals surface area contributed by atoms with Crippen LogP contribution >= 0.6 is 11.8 Å². The van der Waals surface area contributed by atoms with Crippen LogP contribution < -0.4 is 10.2 Å². The second-order valence-electron chi connectivity index (χ2n) is 7.19. The Labute approximate surface area is 188 Å². The summed E-state index contributed by atoms with van der Waals surface area (Å²) in [5.41, 5.74) is 2.41. The van der Waals surface area contributed by atoms with Crippen LogP contribution in [0.5, 0.6) is 0 Å². The highest BCUT2D eigenvalue weighted by molar-refractivity contribution is 7.99. The minimum absolute atomic E-state index is 0.00917. The lowest BCUT2D eigenvalue weighted by Crippen LogP contribution is -2.43. The molecule has 0 spiro atoms. The average molecular weight is 446 g/mol. The van der Waals surface area contributed by atoms with Crippen molar-refractivity contribution in [2.75, 3.05) is 22.5 Å². The Morgan fingerprint density at radius 3 is 2.66 bits per heavy atom. The number of nitrogens with zero attached hydrogens (tertiary/aromatic N) is 4. The van der Waals surface area contributed by atoms with Gasteiger partial charge in [0.15, 0.2) is 10.9 Å². The Morgan fingerprint density at radius 1 is 1.03 bits per heavy atom. The van der Waals surface area contributed by atoms with Crippen LogP contribution in [0.25, 0.3) is 11.6 Å². The molecule has 0 atom stereocenters. The van der Waals surface area contributed by atoms with Gasteiger partial charge in [-0.1, -0.05) is 54.2 Å². The van der Waals surface area contributed by atoms with Crippen molar-refractivity contribution in [1.82, 2.24) is 14.8 Å². The highest BCUT2D eigenvalue weighted by atomic mass is 32.2. The van der Waals surface area contributed by atoms with Gasteiger partial charge in [-0.05, 0) is 29.8 Å². The van der Waals surface area contributed by atoms with Gasteiger partial charge in [0.2, 0.25) is 17.6 Å². The smallest absolute Gasteiger partial charge is 0.244 e. The monoisotopic (exact) mass is 445 g/mol. The fourth-order valence-electron chi connectivity index (χ4n) is 3.55. The molecule has 1 aliphatic heterocycles. The van der Waals surface area contributed by atoms with E-state index in [1.54, 1.807) is 18.4 Å². The summed E-state index contributed by atoms with van der Waals surface area (Å²) in [7, 11) is 0. The predicted molar refractivity (Wildman–Crippen MR) is 121 cm³/mol. The van der Waals surface area contributed by atoms with Crippen LogP contribution in [0.3, 0.4) is 0 Å². The lowest BCUT2D eigenvalue weighted by atomic mass is 10.2. The summed E-state index contributed by atoms with van der Waals surface area (Å²) in [6.45, 7) is 0.528. The number of fused-ring (bicyclic) bond motifs is 1. The SMILES string of the molecule is O=C1CN(C(=O)CSc2nnc(-c3ccco3)n2Cc2ccccc2)c2ccccc2N1. The molecule has 2 aromatic carbocycles. The molecule has 0 saturated heterocycles. The van der Waals surface area contributed by atoms with Crippen LogP contribution in [0.2, 0.25) is 0 Å². The van der Waals surface area contributed by atoms with E-state index in [2.05, 4.69) is 15.5 Å². The van der Waals surface area contributed by atoms with Crippen LogP contribution in [-0.4, -0.2) is 38.9 Å². The zero-order valence-corrected chi connectivity index (χ0v) is 17.8. The molecular weight excluding hydrogens is 426 g/mol. The fraction of sp³-hybridized carbons (Fsp3) is 0.130. The molecule has 2 amide bonds. The van der Waals surface area contributed by atoms with Crippen molar-refractivity contribution in [3.63, 3.8) is 0 Å². The molecule has 0 saturated carbocycles. The molecule has 8 nitrogen and oxygen atoms in total. The van der Waals surface area contributed by atoms with E-state index in [4.69, 9.17) is 4.42 Å². The van der Waals surface area contributed by atoms with Gasteiger partial charge in [-0.15, -0.1) is 10.2 Å². The number of nitrogens with one attached hydrogen (secondary N) is 1. The molecule has 3 heterocycles. The molecule has 0 bridgehead atoms. The van der Waals surface area contributed by atoms with E-state index in [1.165, 1.54) is 16.7 Å². The molecule has 0 unspecified atom stereocenters. The third-order valence-electron chi connectivity index (χ3n) is 5.04. The van der Waals surface area contributed by atoms with E-state index < -0.39 is 0 Å². The van der Waals surface area contributed by atoms with Gasteiger partial charge in [-0.25, -0.2) is 0 Å². The molecule has 32 heavy (non-hydrogen) atoms. The number of benzene rings is 2. The molecule has 0 fully saturated rings. The molecule has 0 radical (unpaired) electrons. The van der Waals surface area contributed by atoms with Crippen molar-refractivity contribution >= 4 is 35.0 Å². The standard InChI is InChI=1S/C23H19N5O3S/c29-20-14-27(18-10-5-4-9-17(18)24-20)21(30)15-32-23-26-25-22(19-11-6-12-31-19)28(23)13-16-7-2-1-3-8-16/h1-12H,13-15H2,(H,24,29). The van der Waals surface area contributed by atoms with Crippen molar-refractivity contribution in [3.05, 3.63) is 78.6 Å². The Bertz CT molecular complexity index is 1250. The van der Waals surface area contributed by atoms with E-state index in [0.29, 0.717) is 34.7 Å². The number of carbonyl (C=O) groups is 2. The number of carbonyl (C=O) groups excluding carboxylic acids is 2. The number of thioether (sulfide) groups is 1. The summed E-state index contributed by atoms with van der Waals surface area (Å²) in [6, 6.07) is 20.9. The highest BCUT2D eigenvalue weighted by Crippen LogP contribution is 2.31. The Balaban J connectivity index is 1.39. The first-order chi connectivity index (χ1) is 15.7. The van der Waals surface area contributed by atoms with Gasteiger partial charge >= 0.3 is 0 Å². The molecule has 5 rings (SSSR count). The van der Waals surface area contributed by atoms with E-state index in [1.807, 2.05) is 59.2 Å². The summed E-state index contributed by atoms with van der Waals surface area (Å²) in [6.07, 6.45) is 1.59. The molecule has 160 valence electrons. The van der Waals surface area contributed by atoms with Crippen LogP contribution in [0.4, 0.5) is 11.4 Å². The Morgan fingerprint density at radius 2 is 1.84 bits per heavy atom. The van der Waals surface area contributed by atoms with Crippen molar-refractivity contribution in [2.45, 2.75) is 11.7 Å². The Kier molecular flexibility index (Phi) is 5.47. The number of aromatic nitrogens is 3. The second-order valence-corrected chi connectivity index (χ2v) is 8.13. The number of rotatable bonds is 6. The third kappa shape index (κ3) is 4.02. The zero-order chi connectivity index (χ0) is 21.9. The van der Waals surface area contributed by atoms with Crippen LogP contribution in [0, 0.1) is 0 Å². The molecule has 0 aliphatic carbocycles. The average Bonchev–Trinajstić information content (AvgIpc) is 3.48. The molecule has 1 aliphatic rings. The van der Waals surface area contributed by atoms with Gasteiger partial charge in [0.05, 0.1) is 29.9 Å². The lowest BCUT2D eigenvalue weighted by Gasteiger charge is -2.29. The van der Waals surface area contributed by atoms with Gasteiger partial charge in [-0.2, -0.15) is 0 Å². The second kappa shape index (κ2) is 8.72. The van der Waals surface area contributed by atoms with Crippen molar-refractivity contribution < 1.29 is 14.0 Å². The Hall–Kier alpha value is -3.85. The summed E-state index contributed by atoms with van der Waals surface area (Å²) in [5.74, 6) is 0.928. The van der Waals surface area contributed by atoms with E-state index in [0.717, 1.165) is 5.56 Å². The molecule has 9 heteroatoms. The first kappa shape index (κ1) is 20.1. The van der Waals surface area contributed by atoms with E-state index >= 15 is 0 Å². The topological polar surface area (TPSA) is 93.3 Å². The van der Waals surface area contributed by atoms with Crippen molar-refractivity contribution in [1.29, 1.82) is 0 Å². The fourth-order valence-corrected chi connectivity index (χ4v) is 4.37. The maximum Gasteiger partial charge on any atom is 0.244 e. The first-order valence-electron chi connectivity index (χ1n) is 10.0. The molecule has 2 aromatic heterocycles. The molecular formula is C23H19N5O3S. The maximum absolute atomic E-state index is 13.0. The highest BCUT2D eigenvalue weighted by Gasteiger charge is 2.27. The van der Waals surface area contributed by atoms with Crippen LogP contribution in [0.15, 0.2) is 82.6 Å². The van der Waals surface area contributed by atoms with Gasteiger partial charge in [-0.3, -0.25) is 14.2 Å². The number of para-hydroxylation sites is 2. The minimum Gasteiger partial charge on any atom is -0.461 e. The quantitative estimate of drug-likeness (QED) is 0.455. The number of amides is 2. The van der Waals surface area contributed by atoms with Gasteiger partial charge in [0, 0.05) is 0 Å². The normalized spacial score (nSPS) is 13.0. The first-order valence-corrected chi connectivity index (χ1v) is 11.0. The summed E-state index contributed by atoms with van der Waals surface area (Å²) in [5, 5.41) is 12.0. The van der Waals surface area contributed by atoms with Crippen LogP contribution in [-0.2, 0) is 16.1 Å². The number of hydrogen-bond donors (Lipinski definition) is 1. The van der Waals surface area contributed by atoms with Gasteiger partial charge in [0.1, 0.15) is 6.54 Å². The largest absolute Gasteiger partial charge is 0.461 e. The lowest BCUT2D eigenvalue weighted by molar-refractivity contribution is -0.120. The number of anilines is 2. The number of furan rings is 1. The van der Waals surface area contributed by atoms with Crippen molar-refractivity contribution in [2.24, 2.45) is 0 Å². The summed E-state index contributed by atoms with van der Waals surface area (Å²) < 4.78 is 7.46. The number of hydrogen-bond acceptors (Lipinski definition) is 6. The maximum atomic E-state index is 13.0. The third-order valence-corrected chi connectivity index (χ3v) is 5.99. The summed E-state index contributed by atoms with van der Waals surface area (Å²) >= 11 is 1.29. The molecule has 4 aromatic rings. The zero-order valence-electron chi connectivity index (χ0n) is 17.0. The molecule has 1 N–H and O–H groups in total.